The third kappa shape index (κ3) is 4.84. The summed E-state index contributed by atoms with van der Waals surface area (Å²) < 4.78 is 4.86. The maximum Gasteiger partial charge on any atom is 0.315 e. The van der Waals surface area contributed by atoms with Crippen LogP contribution in [0.25, 0.3) is 0 Å². The van der Waals surface area contributed by atoms with Crippen LogP contribution in [-0.4, -0.2) is 31.4 Å². The molecule has 2 aromatic rings. The number of aliphatic hydroxyl groups excluding tert-OH is 1. The highest BCUT2D eigenvalue weighted by Crippen LogP contribution is 2.28. The first kappa shape index (κ1) is 16.5. The highest BCUT2D eigenvalue weighted by molar-refractivity contribution is 7.12. The Hall–Kier alpha value is -1.89. The van der Waals surface area contributed by atoms with Gasteiger partial charge in [-0.05, 0) is 17.7 Å². The average Bonchev–Trinajstić information content (AvgIpc) is 3.02. The van der Waals surface area contributed by atoms with E-state index in [4.69, 9.17) is 4.74 Å². The van der Waals surface area contributed by atoms with E-state index < -0.39 is 6.10 Å². The van der Waals surface area contributed by atoms with E-state index in [-0.39, 0.29) is 6.03 Å². The molecule has 0 aliphatic rings. The number of thiophene rings is 1. The summed E-state index contributed by atoms with van der Waals surface area (Å²) in [7, 11) is 1.59. The second-order valence-corrected chi connectivity index (χ2v) is 5.92. The van der Waals surface area contributed by atoms with Gasteiger partial charge in [-0.3, -0.25) is 0 Å². The fourth-order valence-electron chi connectivity index (χ4n) is 1.93. The number of ether oxygens (including phenoxy) is 1. The Kier molecular flexibility index (Phi) is 6.39. The number of hydrogen-bond donors (Lipinski definition) is 3. The summed E-state index contributed by atoms with van der Waals surface area (Å²) in [6, 6.07) is 13.1. The largest absolute Gasteiger partial charge is 0.383 e. The lowest BCUT2D eigenvalue weighted by Crippen LogP contribution is -2.36. The summed E-state index contributed by atoms with van der Waals surface area (Å²) in [6.07, 6.45) is -0.629. The van der Waals surface area contributed by atoms with E-state index in [0.29, 0.717) is 19.7 Å². The molecule has 2 rings (SSSR count). The van der Waals surface area contributed by atoms with E-state index in [1.54, 1.807) is 7.11 Å². The van der Waals surface area contributed by atoms with Crippen molar-refractivity contribution < 1.29 is 14.6 Å². The molecule has 0 saturated heterocycles. The standard InChI is InChI=1S/C16H20N2O3S/c1-21-10-9-17-16(20)18-11-13-7-8-14(22-13)15(19)12-5-3-2-4-6-12/h2-8,15,19H,9-11H2,1H3,(H2,17,18,20). The molecular weight excluding hydrogens is 300 g/mol. The second kappa shape index (κ2) is 8.53. The number of hydrogen-bond acceptors (Lipinski definition) is 4. The quantitative estimate of drug-likeness (QED) is 0.686. The molecule has 0 saturated carbocycles. The molecule has 0 fully saturated rings. The van der Waals surface area contributed by atoms with Crippen molar-refractivity contribution in [2.75, 3.05) is 20.3 Å². The van der Waals surface area contributed by atoms with Crippen LogP contribution in [0.15, 0.2) is 42.5 Å². The Labute approximate surface area is 133 Å². The molecule has 1 atom stereocenters. The number of benzene rings is 1. The predicted octanol–water partition coefficient (Wildman–Crippen LogP) is 2.28. The molecule has 5 nitrogen and oxygen atoms in total. The predicted molar refractivity (Wildman–Crippen MR) is 86.9 cm³/mol. The van der Waals surface area contributed by atoms with Crippen LogP contribution >= 0.6 is 11.3 Å². The van der Waals surface area contributed by atoms with E-state index in [0.717, 1.165) is 15.3 Å². The normalized spacial score (nSPS) is 11.9. The van der Waals surface area contributed by atoms with E-state index >= 15 is 0 Å². The van der Waals surface area contributed by atoms with Gasteiger partial charge in [-0.2, -0.15) is 0 Å². The maximum absolute atomic E-state index is 11.5. The number of carbonyl (C=O) groups is 1. The molecular formula is C16H20N2O3S. The number of urea groups is 1. The zero-order valence-corrected chi connectivity index (χ0v) is 13.2. The summed E-state index contributed by atoms with van der Waals surface area (Å²) >= 11 is 1.49. The van der Waals surface area contributed by atoms with Crippen LogP contribution in [0.2, 0.25) is 0 Å². The van der Waals surface area contributed by atoms with Crippen molar-refractivity contribution in [1.82, 2.24) is 10.6 Å². The van der Waals surface area contributed by atoms with Crippen LogP contribution in [0, 0.1) is 0 Å². The Morgan fingerprint density at radius 2 is 2.00 bits per heavy atom. The molecule has 0 aliphatic heterocycles. The minimum Gasteiger partial charge on any atom is -0.383 e. The zero-order valence-electron chi connectivity index (χ0n) is 12.4. The van der Waals surface area contributed by atoms with Gasteiger partial charge in [0, 0.05) is 23.4 Å². The smallest absolute Gasteiger partial charge is 0.315 e. The molecule has 22 heavy (non-hydrogen) atoms. The van der Waals surface area contributed by atoms with E-state index in [9.17, 15) is 9.90 Å². The highest BCUT2D eigenvalue weighted by atomic mass is 32.1. The number of amides is 2. The van der Waals surface area contributed by atoms with E-state index in [1.807, 2.05) is 42.5 Å². The van der Waals surface area contributed by atoms with Gasteiger partial charge in [0.2, 0.25) is 0 Å². The molecule has 0 bridgehead atoms. The summed E-state index contributed by atoms with van der Waals surface area (Å²) in [5, 5.41) is 15.8. The lowest BCUT2D eigenvalue weighted by atomic mass is 10.1. The van der Waals surface area contributed by atoms with Gasteiger partial charge in [0.15, 0.2) is 0 Å². The Balaban J connectivity index is 1.85. The molecule has 1 unspecified atom stereocenters. The Bertz CT molecular complexity index is 586. The molecule has 0 aliphatic carbocycles. The van der Waals surface area contributed by atoms with Crippen LogP contribution in [0.3, 0.4) is 0 Å². The van der Waals surface area contributed by atoms with Gasteiger partial charge in [-0.1, -0.05) is 30.3 Å². The molecule has 6 heteroatoms. The van der Waals surface area contributed by atoms with Crippen LogP contribution in [-0.2, 0) is 11.3 Å². The Morgan fingerprint density at radius 1 is 1.23 bits per heavy atom. The second-order valence-electron chi connectivity index (χ2n) is 4.72. The number of rotatable bonds is 7. The molecule has 1 aromatic heterocycles. The third-order valence-corrected chi connectivity index (χ3v) is 4.22. The van der Waals surface area contributed by atoms with Crippen LogP contribution in [0.5, 0.6) is 0 Å². The van der Waals surface area contributed by atoms with Crippen molar-refractivity contribution in [3.63, 3.8) is 0 Å². The summed E-state index contributed by atoms with van der Waals surface area (Å²) in [5.41, 5.74) is 0.862. The molecule has 1 heterocycles. The third-order valence-electron chi connectivity index (χ3n) is 3.08. The topological polar surface area (TPSA) is 70.6 Å². The highest BCUT2D eigenvalue weighted by Gasteiger charge is 2.12. The monoisotopic (exact) mass is 320 g/mol. The minimum absolute atomic E-state index is 0.226. The van der Waals surface area contributed by atoms with Crippen LogP contribution < -0.4 is 10.6 Å². The lowest BCUT2D eigenvalue weighted by molar-refractivity contribution is 0.196. The molecule has 3 N–H and O–H groups in total. The fraction of sp³-hybridized carbons (Fsp3) is 0.312. The van der Waals surface area contributed by atoms with E-state index in [1.165, 1.54) is 11.3 Å². The van der Waals surface area contributed by atoms with Crippen molar-refractivity contribution in [3.05, 3.63) is 57.8 Å². The molecule has 2 amide bonds. The first-order valence-electron chi connectivity index (χ1n) is 7.03. The van der Waals surface area contributed by atoms with Gasteiger partial charge in [0.25, 0.3) is 0 Å². The summed E-state index contributed by atoms with van der Waals surface area (Å²) in [5.74, 6) is 0. The van der Waals surface area contributed by atoms with Crippen molar-refractivity contribution >= 4 is 17.4 Å². The number of carbonyl (C=O) groups excluding carboxylic acids is 1. The van der Waals surface area contributed by atoms with Gasteiger partial charge in [-0.15, -0.1) is 11.3 Å². The number of methoxy groups -OCH3 is 1. The van der Waals surface area contributed by atoms with Gasteiger partial charge in [0.1, 0.15) is 6.10 Å². The minimum atomic E-state index is -0.629. The number of nitrogens with one attached hydrogen (secondary N) is 2. The van der Waals surface area contributed by atoms with Crippen molar-refractivity contribution in [3.8, 4) is 0 Å². The summed E-state index contributed by atoms with van der Waals surface area (Å²) in [6.45, 7) is 1.40. The first-order chi connectivity index (χ1) is 10.7. The van der Waals surface area contributed by atoms with Crippen molar-refractivity contribution in [2.24, 2.45) is 0 Å². The Morgan fingerprint density at radius 3 is 2.73 bits per heavy atom. The SMILES string of the molecule is COCCNC(=O)NCc1ccc(C(O)c2ccccc2)s1. The lowest BCUT2D eigenvalue weighted by Gasteiger charge is -2.08. The van der Waals surface area contributed by atoms with Crippen LogP contribution in [0.1, 0.15) is 21.4 Å². The van der Waals surface area contributed by atoms with Gasteiger partial charge >= 0.3 is 6.03 Å². The molecule has 118 valence electrons. The fourth-order valence-corrected chi connectivity index (χ4v) is 2.90. The van der Waals surface area contributed by atoms with Crippen molar-refractivity contribution in [1.29, 1.82) is 0 Å². The number of aliphatic hydroxyl groups is 1. The average molecular weight is 320 g/mol. The van der Waals surface area contributed by atoms with Crippen LogP contribution in [0.4, 0.5) is 4.79 Å². The van der Waals surface area contributed by atoms with Crippen molar-refractivity contribution in [2.45, 2.75) is 12.6 Å². The van der Waals surface area contributed by atoms with Gasteiger partial charge < -0.3 is 20.5 Å². The maximum atomic E-state index is 11.5. The van der Waals surface area contributed by atoms with E-state index in [2.05, 4.69) is 10.6 Å². The first-order valence-corrected chi connectivity index (χ1v) is 7.84. The summed E-state index contributed by atoms with van der Waals surface area (Å²) in [4.78, 5) is 13.4. The zero-order chi connectivity index (χ0) is 15.8. The molecule has 0 spiro atoms. The van der Waals surface area contributed by atoms with Gasteiger partial charge in [-0.25, -0.2) is 4.79 Å². The molecule has 0 radical (unpaired) electrons. The molecule has 1 aromatic carbocycles. The van der Waals surface area contributed by atoms with Gasteiger partial charge in [0.05, 0.1) is 13.2 Å².